The summed E-state index contributed by atoms with van der Waals surface area (Å²) in [5.41, 5.74) is 14.4. The molecule has 130 heavy (non-hydrogen) atoms. The molecule has 0 saturated carbocycles. The number of fused-ring (bicyclic) bond motifs is 10. The Morgan fingerprint density at radius 3 is 0.908 bits per heavy atom. The first kappa shape index (κ1) is 122. The van der Waals surface area contributed by atoms with Gasteiger partial charge < -0.3 is 121 Å². The van der Waals surface area contributed by atoms with E-state index in [0.29, 0.717) is 147 Å². The Morgan fingerprint density at radius 1 is 0.362 bits per heavy atom. The Labute approximate surface area is 923 Å². The SMILES string of the molecule is C=CC1=C(C)C2=CC3=C(C=CNO)C(C)(O)C(=CC4=NC(=CC5=NC(=CC1=N2)C(C)=C5CCC(=O)NC(CC(=O)[O-])C(=O)[O-])C(CCC(=O)NC(CC(=O)[O-])C(=O)[O-])=C4C)N3.C=CC1=C(C)C2=CC3=NC(=CC4=NC(=CC5=C(C=CNO)C(C)(O)C(=CC1=N2)N5)C(C)=C4CCC(=O)NC(CC(=O)[O-])C(=O)[O-])C(CCC(=O)NC(CC(=O)[O-])C(=O)[O-])=C3C.[Na+].[Na+].[Na+].[Na+].[Na+].[Na+].[Na+].[Na+]. The number of rotatable bonds is 34. The van der Waals surface area contributed by atoms with Gasteiger partial charge in [-0.05, 0) is 198 Å². The van der Waals surface area contributed by atoms with Crippen molar-refractivity contribution in [1.29, 1.82) is 0 Å². The fraction of sp³-hybridized carbons (Fsp3) is 0.310. The molecule has 12 N–H and O–H groups in total. The van der Waals surface area contributed by atoms with Gasteiger partial charge in [0.2, 0.25) is 23.6 Å². The third-order valence-electron chi connectivity index (χ3n) is 21.0. The Bertz CT molecular complexity index is 5530. The van der Waals surface area contributed by atoms with Gasteiger partial charge in [-0.15, -0.1) is 0 Å². The van der Waals surface area contributed by atoms with E-state index in [-0.39, 0.29) is 299 Å². The van der Waals surface area contributed by atoms with Crippen LogP contribution in [-0.4, -0.2) is 162 Å². The van der Waals surface area contributed by atoms with Crippen molar-refractivity contribution in [3.63, 3.8) is 0 Å². The number of hydrogen-bond acceptors (Lipinski definition) is 34. The molecular formula is C84H82N14Na8O24. The van der Waals surface area contributed by atoms with Crippen molar-refractivity contribution in [2.24, 2.45) is 30.0 Å². The molecular weight excluding hydrogens is 1770 g/mol. The first-order valence-electron chi connectivity index (χ1n) is 37.7. The van der Waals surface area contributed by atoms with E-state index in [4.69, 9.17) is 30.0 Å². The molecule has 0 spiro atoms. The van der Waals surface area contributed by atoms with E-state index in [2.05, 4.69) is 45.1 Å². The van der Waals surface area contributed by atoms with Gasteiger partial charge >= 0.3 is 236 Å². The van der Waals surface area contributed by atoms with Crippen LogP contribution in [0.25, 0.3) is 0 Å². The molecule has 16 bridgehead atoms. The first-order valence-corrected chi connectivity index (χ1v) is 37.7. The Kier molecular flexibility index (Phi) is 50.2. The van der Waals surface area contributed by atoms with Gasteiger partial charge in [0.25, 0.3) is 0 Å². The molecule has 0 aromatic rings. The molecule has 0 radical (unpaired) electrons. The van der Waals surface area contributed by atoms with E-state index < -0.39 is 132 Å². The van der Waals surface area contributed by atoms with E-state index in [0.717, 1.165) is 11.1 Å². The van der Waals surface area contributed by atoms with Crippen LogP contribution in [0.2, 0.25) is 0 Å². The summed E-state index contributed by atoms with van der Waals surface area (Å²) in [5.74, 6) is -17.3. The fourth-order valence-electron chi connectivity index (χ4n) is 14.4. The second kappa shape index (κ2) is 53.7. The molecule has 6 atom stereocenters. The van der Waals surface area contributed by atoms with Crippen molar-refractivity contribution in [3.8, 4) is 0 Å². The third kappa shape index (κ3) is 30.2. The van der Waals surface area contributed by atoms with E-state index in [9.17, 15) is 119 Å². The van der Waals surface area contributed by atoms with Crippen molar-refractivity contribution in [1.82, 2.24) is 42.9 Å². The number of hydroxylamine groups is 2. The number of carboxylic acid groups (broad SMARTS) is 8. The van der Waals surface area contributed by atoms with Crippen LogP contribution in [0.4, 0.5) is 0 Å². The smallest absolute Gasteiger partial charge is 0.550 e. The summed E-state index contributed by atoms with van der Waals surface area (Å²) in [4.78, 5) is 172. The number of aliphatic hydroxyl groups is 2. The Hall–Kier alpha value is -6.50. The van der Waals surface area contributed by atoms with Gasteiger partial charge in [0.1, 0.15) is 11.2 Å². The molecule has 38 nitrogen and oxygen atoms in total. The number of nitrogens with one attached hydrogen (secondary N) is 8. The predicted molar refractivity (Wildman–Crippen MR) is 419 cm³/mol. The zero-order chi connectivity index (χ0) is 89.8. The van der Waals surface area contributed by atoms with Crippen molar-refractivity contribution in [2.45, 2.75) is 168 Å². The van der Waals surface area contributed by atoms with Gasteiger partial charge in [-0.25, -0.2) is 30.0 Å². The number of aliphatic imine (C=N–C) groups is 6. The molecule has 10 aliphatic heterocycles. The van der Waals surface area contributed by atoms with E-state index in [1.165, 1.54) is 31.5 Å². The van der Waals surface area contributed by atoms with Crippen LogP contribution < -0.4 is 320 Å². The predicted octanol–water partition coefficient (Wildman–Crippen LogP) is -29.1. The third-order valence-corrected chi connectivity index (χ3v) is 21.0. The number of hydrogen-bond donors (Lipinski definition) is 12. The topological polar surface area (TPSA) is 641 Å². The molecule has 4 amide bonds. The van der Waals surface area contributed by atoms with Crippen LogP contribution in [0.15, 0.2) is 263 Å². The van der Waals surface area contributed by atoms with Crippen molar-refractivity contribution in [2.75, 3.05) is 0 Å². The van der Waals surface area contributed by atoms with Gasteiger partial charge in [-0.2, -0.15) is 0 Å². The second-order valence-electron chi connectivity index (χ2n) is 29.2. The molecule has 6 unspecified atom stereocenters. The number of aliphatic carboxylic acids is 8. The summed E-state index contributed by atoms with van der Waals surface area (Å²) < 4.78 is 0. The van der Waals surface area contributed by atoms with Crippen LogP contribution in [0.3, 0.4) is 0 Å². The van der Waals surface area contributed by atoms with Crippen LogP contribution in [0.5, 0.6) is 0 Å². The normalized spacial score (nSPS) is 19.3. The maximum Gasteiger partial charge on any atom is 1.00 e. The minimum absolute atomic E-state index is 0. The zero-order valence-electron chi connectivity index (χ0n) is 74.9. The standard InChI is InChI=1S/2C42H45N7O12.8Na/c1-6-22-19(2)27-14-32-25(11-12-43-61)42(5,60)35(47-32)16-28-21(4)24(8-10-37(51)49-34(41(58)59)18-39(54)55)31(46-28)15-30-23(20(3)26(45-30)13-29(22)44-27)7-9-36(50)48-33(40(56)57)17-38(52)53;1-6-22-19(2)26-13-27-20(3)23(7-9-36(50)48-33(40(56)57)17-38(52)53)29(44-27)15-30-24(8-10-37(51)49-34(41(58)59)18-39(54)55)21(4)28(45-30)14-32-25(11-12-43-61)42(5,60)35(47-32)16-31(22)46-26;;;;;;;;/h2*6,11-16,33-34,43,47,60-61H,1,7-10,17-18H2,2-5H3,(H,48,50)(H,49,51)(H,52,53)(H,54,55)(H,56,57)(H,58,59);;;;;;;;/q;;8*+1/p-8. The molecule has 0 aromatic heterocycles. The van der Waals surface area contributed by atoms with E-state index in [1.54, 1.807) is 95.4 Å². The maximum absolute atomic E-state index is 13.0. The Morgan fingerprint density at radius 2 is 0.608 bits per heavy atom. The summed E-state index contributed by atoms with van der Waals surface area (Å²) in [6.45, 7) is 21.6. The van der Waals surface area contributed by atoms with Crippen LogP contribution >= 0.6 is 0 Å². The van der Waals surface area contributed by atoms with Crippen molar-refractivity contribution < 1.29 is 355 Å². The summed E-state index contributed by atoms with van der Waals surface area (Å²) in [6, 6.07) is -7.37. The maximum atomic E-state index is 13.0. The Balaban J connectivity index is 0.00000122. The average molecular weight is 1860 g/mol. The van der Waals surface area contributed by atoms with Crippen LogP contribution in [-0.2, 0) is 57.5 Å². The number of carbonyl (C=O) groups excluding carboxylic acids is 12. The van der Waals surface area contributed by atoms with Crippen molar-refractivity contribution >= 4 is 106 Å². The fourth-order valence-corrected chi connectivity index (χ4v) is 14.4. The molecule has 640 valence electrons. The average Bonchev–Trinajstić information content (AvgIpc) is 1.60. The minimum atomic E-state index is -1.85. The molecule has 0 aromatic carbocycles. The monoisotopic (exact) mass is 1850 g/mol. The second-order valence-corrected chi connectivity index (χ2v) is 29.2. The van der Waals surface area contributed by atoms with Crippen LogP contribution in [0, 0.1) is 0 Å². The first-order chi connectivity index (χ1) is 57.5. The molecule has 10 rings (SSSR count). The quantitative estimate of drug-likeness (QED) is 0.0210. The zero-order valence-corrected chi connectivity index (χ0v) is 90.9. The summed E-state index contributed by atoms with van der Waals surface area (Å²) in [6.07, 6.45) is 16.4. The van der Waals surface area contributed by atoms with Gasteiger partial charge in [-0.1, -0.05) is 25.3 Å². The summed E-state index contributed by atoms with van der Waals surface area (Å²) >= 11 is 0. The molecule has 10 aliphatic rings. The number of allylic oxidation sites excluding steroid dienone is 22. The van der Waals surface area contributed by atoms with Gasteiger partial charge in [0.05, 0.1) is 128 Å². The number of carbonyl (C=O) groups is 12. The van der Waals surface area contributed by atoms with Crippen molar-refractivity contribution in [3.05, 3.63) is 233 Å². The van der Waals surface area contributed by atoms with Gasteiger partial charge in [-0.3, -0.25) is 40.6 Å². The number of amides is 4. The number of carboxylic acids is 8. The molecule has 0 saturated heterocycles. The molecule has 10 heterocycles. The minimum Gasteiger partial charge on any atom is -0.550 e. The summed E-state index contributed by atoms with van der Waals surface area (Å²) in [7, 11) is 0. The van der Waals surface area contributed by atoms with Gasteiger partial charge in [0.15, 0.2) is 0 Å². The molecule has 0 aliphatic carbocycles. The molecule has 0 fully saturated rings. The largest absolute Gasteiger partial charge is 1.00 e. The number of nitrogens with zero attached hydrogens (tertiary/aromatic N) is 6. The molecule has 46 heteroatoms. The summed E-state index contributed by atoms with van der Waals surface area (Å²) in [5, 5.41) is 148. The van der Waals surface area contributed by atoms with Crippen LogP contribution in [0.1, 0.15) is 132 Å². The van der Waals surface area contributed by atoms with Gasteiger partial charge in [0, 0.05) is 121 Å². The van der Waals surface area contributed by atoms with E-state index >= 15 is 0 Å². The van der Waals surface area contributed by atoms with E-state index in [1.807, 2.05) is 24.8 Å².